The van der Waals surface area contributed by atoms with Crippen molar-refractivity contribution in [3.05, 3.63) is 0 Å². The van der Waals surface area contributed by atoms with Crippen LogP contribution in [-0.4, -0.2) is 23.5 Å². The lowest BCUT2D eigenvalue weighted by atomic mass is 9.53. The second-order valence-electron chi connectivity index (χ2n) is 8.91. The summed E-state index contributed by atoms with van der Waals surface area (Å²) in [6.45, 7) is 1.45. The fourth-order valence-electron chi connectivity index (χ4n) is 7.47. The summed E-state index contributed by atoms with van der Waals surface area (Å²) in [6, 6.07) is 2.02. The Balaban J connectivity index is 1.41. The molecule has 0 unspecified atom stereocenters. The third kappa shape index (κ3) is 1.84. The zero-order valence-electron chi connectivity index (χ0n) is 13.0. The van der Waals surface area contributed by atoms with Gasteiger partial charge in [-0.1, -0.05) is 12.8 Å². The maximum atomic E-state index is 3.10. The van der Waals surface area contributed by atoms with Crippen molar-refractivity contribution in [3.63, 3.8) is 0 Å². The zero-order valence-corrected chi connectivity index (χ0v) is 13.0. The zero-order chi connectivity index (χ0) is 13.1. The molecular weight excluding hydrogens is 242 g/mol. The van der Waals surface area contributed by atoms with Gasteiger partial charge in [0.25, 0.3) is 0 Å². The van der Waals surface area contributed by atoms with E-state index in [-0.39, 0.29) is 0 Å². The number of rotatable bonds is 1. The molecule has 0 radical (unpaired) electrons. The van der Waals surface area contributed by atoms with Crippen molar-refractivity contribution in [1.29, 1.82) is 0 Å². The van der Waals surface area contributed by atoms with Gasteiger partial charge < -0.3 is 0 Å². The molecule has 1 heterocycles. The first-order valence-electron chi connectivity index (χ1n) is 9.64. The number of nitrogens with zero attached hydrogens (tertiary/aromatic N) is 1. The van der Waals surface area contributed by atoms with E-state index < -0.39 is 0 Å². The van der Waals surface area contributed by atoms with E-state index in [0.29, 0.717) is 0 Å². The fourth-order valence-corrected chi connectivity index (χ4v) is 7.47. The summed E-state index contributed by atoms with van der Waals surface area (Å²) in [7, 11) is 0. The van der Waals surface area contributed by atoms with Gasteiger partial charge in [-0.15, -0.1) is 0 Å². The van der Waals surface area contributed by atoms with E-state index in [1.807, 2.05) is 0 Å². The summed E-state index contributed by atoms with van der Waals surface area (Å²) in [5.41, 5.74) is 0. The molecule has 0 N–H and O–H groups in total. The molecule has 5 saturated carbocycles. The monoisotopic (exact) mass is 273 g/mol. The molecule has 0 aromatic rings. The molecule has 2 atom stereocenters. The van der Waals surface area contributed by atoms with E-state index in [4.69, 9.17) is 0 Å². The molecule has 1 aliphatic heterocycles. The van der Waals surface area contributed by atoms with Gasteiger partial charge >= 0.3 is 0 Å². The molecule has 0 amide bonds. The van der Waals surface area contributed by atoms with Gasteiger partial charge in [-0.3, -0.25) is 4.90 Å². The van der Waals surface area contributed by atoms with Gasteiger partial charge in [0.15, 0.2) is 0 Å². The summed E-state index contributed by atoms with van der Waals surface area (Å²) in [4.78, 5) is 3.10. The Labute approximate surface area is 124 Å². The number of piperidine rings is 1. The minimum atomic E-state index is 1.00. The van der Waals surface area contributed by atoms with Crippen LogP contribution in [0.2, 0.25) is 0 Å². The van der Waals surface area contributed by atoms with Gasteiger partial charge in [-0.05, 0) is 93.9 Å². The summed E-state index contributed by atoms with van der Waals surface area (Å²) in [5.74, 6) is 5.56. The topological polar surface area (TPSA) is 3.24 Å². The van der Waals surface area contributed by atoms with Crippen LogP contribution >= 0.6 is 0 Å². The molecule has 1 nitrogen and oxygen atoms in total. The van der Waals surface area contributed by atoms with Crippen LogP contribution in [0, 0.1) is 29.6 Å². The van der Waals surface area contributed by atoms with Gasteiger partial charge in [0.05, 0.1) is 0 Å². The van der Waals surface area contributed by atoms with Crippen LogP contribution in [0.1, 0.15) is 70.6 Å². The lowest BCUT2D eigenvalue weighted by Crippen LogP contribution is -2.61. The van der Waals surface area contributed by atoms with Crippen molar-refractivity contribution in [2.45, 2.75) is 82.7 Å². The maximum Gasteiger partial charge on any atom is 0.0155 e. The second-order valence-corrected chi connectivity index (χ2v) is 8.91. The van der Waals surface area contributed by atoms with E-state index in [9.17, 15) is 0 Å². The van der Waals surface area contributed by atoms with E-state index in [1.54, 1.807) is 44.9 Å². The first kappa shape index (κ1) is 12.5. The van der Waals surface area contributed by atoms with E-state index in [0.717, 1.165) is 41.7 Å². The van der Waals surface area contributed by atoms with Gasteiger partial charge in [0, 0.05) is 12.1 Å². The van der Waals surface area contributed by atoms with Crippen molar-refractivity contribution in [2.75, 3.05) is 6.54 Å². The Bertz CT molecular complexity index is 346. The highest BCUT2D eigenvalue weighted by Gasteiger charge is 2.52. The van der Waals surface area contributed by atoms with Crippen LogP contribution in [0.4, 0.5) is 0 Å². The first-order valence-corrected chi connectivity index (χ1v) is 9.64. The molecule has 0 spiro atoms. The quantitative estimate of drug-likeness (QED) is 0.681. The van der Waals surface area contributed by atoms with Crippen LogP contribution in [0.25, 0.3) is 0 Å². The summed E-state index contributed by atoms with van der Waals surface area (Å²) in [6.07, 6.45) is 17.2. The van der Waals surface area contributed by atoms with Crippen molar-refractivity contribution in [1.82, 2.24) is 4.90 Å². The highest BCUT2D eigenvalue weighted by molar-refractivity contribution is 5.04. The Morgan fingerprint density at radius 2 is 1.25 bits per heavy atom. The average molecular weight is 273 g/mol. The molecule has 112 valence electrons. The Hall–Kier alpha value is -0.0400. The van der Waals surface area contributed by atoms with Gasteiger partial charge in [0.2, 0.25) is 0 Å². The van der Waals surface area contributed by atoms with E-state index in [1.165, 1.54) is 32.2 Å². The van der Waals surface area contributed by atoms with Crippen LogP contribution in [0.3, 0.4) is 0 Å². The minimum absolute atomic E-state index is 1.00. The summed E-state index contributed by atoms with van der Waals surface area (Å²) < 4.78 is 0. The molecule has 1 saturated heterocycles. The van der Waals surface area contributed by atoms with Crippen molar-refractivity contribution in [3.8, 4) is 0 Å². The third-order valence-electron chi connectivity index (χ3n) is 7.85. The third-order valence-corrected chi connectivity index (χ3v) is 7.85. The molecule has 5 aliphatic carbocycles. The smallest absolute Gasteiger partial charge is 0.0155 e. The number of hydrogen-bond donors (Lipinski definition) is 0. The predicted molar refractivity (Wildman–Crippen MR) is 82.5 cm³/mol. The molecule has 6 aliphatic rings. The summed E-state index contributed by atoms with van der Waals surface area (Å²) in [5, 5.41) is 0. The molecule has 6 rings (SSSR count). The molecule has 6 fully saturated rings. The number of hydrogen-bond acceptors (Lipinski definition) is 1. The standard InChI is InChI=1S/C19H31N/c1-2-6-18-15(4-1)5-3-7-20(18)19-16-9-13-8-14(11-16)12-17(19)10-13/h13-19H,1-12H2/t13?,14?,15-,16?,17?,18+,19?/m1/s1. The molecular formula is C19H31N. The highest BCUT2D eigenvalue weighted by Crippen LogP contribution is 2.56. The van der Waals surface area contributed by atoms with E-state index >= 15 is 0 Å². The SMILES string of the molecule is C1CC[C@H]2[C@H](C1)CCCN2C1C2CC3CC(C2)CC1C3. The predicted octanol–water partition coefficient (Wildman–Crippen LogP) is 4.47. The molecule has 0 aromatic carbocycles. The average Bonchev–Trinajstić information content (AvgIpc) is 2.46. The van der Waals surface area contributed by atoms with E-state index in [2.05, 4.69) is 4.90 Å². The molecule has 4 bridgehead atoms. The minimum Gasteiger partial charge on any atom is -0.297 e. The number of likely N-dealkylation sites (tertiary alicyclic amines) is 1. The first-order chi connectivity index (χ1) is 9.88. The molecule has 1 heteroatoms. The second kappa shape index (κ2) is 4.73. The van der Waals surface area contributed by atoms with Gasteiger partial charge in [0.1, 0.15) is 0 Å². The van der Waals surface area contributed by atoms with Crippen molar-refractivity contribution >= 4 is 0 Å². The largest absolute Gasteiger partial charge is 0.297 e. The molecule has 20 heavy (non-hydrogen) atoms. The van der Waals surface area contributed by atoms with Gasteiger partial charge in [-0.2, -0.15) is 0 Å². The Morgan fingerprint density at radius 3 is 2.00 bits per heavy atom. The normalized spacial score (nSPS) is 54.9. The fraction of sp³-hybridized carbons (Fsp3) is 1.00. The van der Waals surface area contributed by atoms with Crippen LogP contribution in [0.15, 0.2) is 0 Å². The Morgan fingerprint density at radius 1 is 0.600 bits per heavy atom. The lowest BCUT2D eigenvalue weighted by molar-refractivity contribution is -0.101. The van der Waals surface area contributed by atoms with Crippen LogP contribution in [-0.2, 0) is 0 Å². The highest BCUT2D eigenvalue weighted by atomic mass is 15.2. The number of fused-ring (bicyclic) bond motifs is 1. The molecule has 0 aromatic heterocycles. The lowest BCUT2D eigenvalue weighted by Gasteiger charge is -2.60. The maximum absolute atomic E-state index is 3.10. The van der Waals surface area contributed by atoms with Crippen LogP contribution < -0.4 is 0 Å². The Kier molecular flexibility index (Phi) is 2.96. The van der Waals surface area contributed by atoms with Crippen molar-refractivity contribution < 1.29 is 0 Å². The van der Waals surface area contributed by atoms with Gasteiger partial charge in [-0.25, -0.2) is 0 Å². The summed E-state index contributed by atoms with van der Waals surface area (Å²) >= 11 is 0. The van der Waals surface area contributed by atoms with Crippen LogP contribution in [0.5, 0.6) is 0 Å². The van der Waals surface area contributed by atoms with Crippen molar-refractivity contribution in [2.24, 2.45) is 29.6 Å².